The van der Waals surface area contributed by atoms with Gasteiger partial charge in [-0.1, -0.05) is 19.0 Å². The maximum absolute atomic E-state index is 5.58. The van der Waals surface area contributed by atoms with Crippen LogP contribution in [0.3, 0.4) is 0 Å². The lowest BCUT2D eigenvalue weighted by molar-refractivity contribution is 0.292. The van der Waals surface area contributed by atoms with E-state index in [9.17, 15) is 0 Å². The van der Waals surface area contributed by atoms with Gasteiger partial charge >= 0.3 is 0 Å². The van der Waals surface area contributed by atoms with Gasteiger partial charge in [0, 0.05) is 18.7 Å². The van der Waals surface area contributed by atoms with Crippen LogP contribution in [0.2, 0.25) is 0 Å². The normalized spacial score (nSPS) is 11.2. The molecule has 0 saturated heterocycles. The van der Waals surface area contributed by atoms with E-state index in [-0.39, 0.29) is 0 Å². The van der Waals surface area contributed by atoms with Crippen molar-refractivity contribution in [3.05, 3.63) is 17.0 Å². The van der Waals surface area contributed by atoms with E-state index in [1.54, 1.807) is 0 Å². The van der Waals surface area contributed by atoms with Crippen LogP contribution < -0.4 is 5.73 Å². The first-order chi connectivity index (χ1) is 6.72. The highest BCUT2D eigenvalue weighted by molar-refractivity contribution is 5.21. The molecule has 0 aliphatic heterocycles. The van der Waals surface area contributed by atoms with Gasteiger partial charge in [0.1, 0.15) is 11.5 Å². The van der Waals surface area contributed by atoms with Crippen LogP contribution in [-0.2, 0) is 13.1 Å². The van der Waals surface area contributed by atoms with E-state index in [0.29, 0.717) is 6.54 Å². The molecule has 0 aliphatic rings. The van der Waals surface area contributed by atoms with Gasteiger partial charge in [-0.15, -0.1) is 0 Å². The fraction of sp³-hybridized carbons (Fsp3) is 0.700. The molecule has 4 heteroatoms. The molecule has 4 nitrogen and oxygen atoms in total. The average molecular weight is 197 g/mol. The van der Waals surface area contributed by atoms with Crippen molar-refractivity contribution < 1.29 is 4.52 Å². The highest BCUT2D eigenvalue weighted by Crippen LogP contribution is 2.15. The Labute approximate surface area is 85.1 Å². The summed E-state index contributed by atoms with van der Waals surface area (Å²) in [6.45, 7) is 9.63. The minimum Gasteiger partial charge on any atom is -0.361 e. The zero-order valence-electron chi connectivity index (χ0n) is 9.21. The molecule has 2 N–H and O–H groups in total. The molecule has 0 unspecified atom stereocenters. The maximum Gasteiger partial charge on any atom is 0.138 e. The molecule has 0 aliphatic carbocycles. The SMILES string of the molecule is CCN(CC)Cc1c(CN)noc1C. The standard InChI is InChI=1S/C10H19N3O/c1-4-13(5-2)7-9-8(3)14-12-10(9)6-11/h4-7,11H2,1-3H3. The number of aryl methyl sites for hydroxylation is 1. The van der Waals surface area contributed by atoms with E-state index in [2.05, 4.69) is 23.9 Å². The number of hydrogen-bond acceptors (Lipinski definition) is 4. The molecule has 14 heavy (non-hydrogen) atoms. The van der Waals surface area contributed by atoms with Crippen molar-refractivity contribution in [3.63, 3.8) is 0 Å². The monoisotopic (exact) mass is 197 g/mol. The Morgan fingerprint density at radius 2 is 2.00 bits per heavy atom. The lowest BCUT2D eigenvalue weighted by Gasteiger charge is -2.17. The first-order valence-corrected chi connectivity index (χ1v) is 5.09. The molecular weight excluding hydrogens is 178 g/mol. The predicted molar refractivity (Wildman–Crippen MR) is 55.8 cm³/mol. The Bertz CT molecular complexity index is 279. The summed E-state index contributed by atoms with van der Waals surface area (Å²) in [7, 11) is 0. The molecule has 80 valence electrons. The van der Waals surface area contributed by atoms with Crippen LogP contribution in [-0.4, -0.2) is 23.1 Å². The lowest BCUT2D eigenvalue weighted by Crippen LogP contribution is -2.23. The minimum atomic E-state index is 0.452. The van der Waals surface area contributed by atoms with Crippen molar-refractivity contribution in [1.29, 1.82) is 0 Å². The minimum absolute atomic E-state index is 0.452. The van der Waals surface area contributed by atoms with Crippen molar-refractivity contribution in [2.75, 3.05) is 13.1 Å². The molecule has 1 rings (SSSR count). The van der Waals surface area contributed by atoms with Crippen molar-refractivity contribution in [3.8, 4) is 0 Å². The second-order valence-corrected chi connectivity index (χ2v) is 3.33. The summed E-state index contributed by atoms with van der Waals surface area (Å²) < 4.78 is 5.12. The van der Waals surface area contributed by atoms with Gasteiger partial charge in [0.2, 0.25) is 0 Å². The van der Waals surface area contributed by atoms with Gasteiger partial charge in [0.25, 0.3) is 0 Å². The molecular formula is C10H19N3O. The molecule has 1 aromatic heterocycles. The Hall–Kier alpha value is -0.870. The van der Waals surface area contributed by atoms with Gasteiger partial charge in [0.15, 0.2) is 0 Å². The smallest absolute Gasteiger partial charge is 0.138 e. The van der Waals surface area contributed by atoms with E-state index in [1.807, 2.05) is 6.92 Å². The molecule has 0 fully saturated rings. The van der Waals surface area contributed by atoms with Crippen molar-refractivity contribution in [1.82, 2.24) is 10.1 Å². The van der Waals surface area contributed by atoms with Crippen LogP contribution in [0, 0.1) is 6.92 Å². The number of nitrogens with two attached hydrogens (primary N) is 1. The fourth-order valence-corrected chi connectivity index (χ4v) is 1.47. The molecule has 0 saturated carbocycles. The summed E-state index contributed by atoms with van der Waals surface area (Å²) in [6, 6.07) is 0. The Morgan fingerprint density at radius 1 is 1.36 bits per heavy atom. The van der Waals surface area contributed by atoms with Gasteiger partial charge < -0.3 is 10.3 Å². The van der Waals surface area contributed by atoms with Crippen molar-refractivity contribution >= 4 is 0 Å². The molecule has 1 aromatic rings. The van der Waals surface area contributed by atoms with Gasteiger partial charge in [-0.05, 0) is 20.0 Å². The predicted octanol–water partition coefficient (Wildman–Crippen LogP) is 1.28. The summed E-state index contributed by atoms with van der Waals surface area (Å²) in [5.74, 6) is 0.886. The highest BCUT2D eigenvalue weighted by Gasteiger charge is 2.13. The van der Waals surface area contributed by atoms with Gasteiger partial charge in [-0.3, -0.25) is 4.90 Å². The summed E-state index contributed by atoms with van der Waals surface area (Å²) in [4.78, 5) is 2.32. The summed E-state index contributed by atoms with van der Waals surface area (Å²) in [6.07, 6.45) is 0. The molecule has 0 bridgehead atoms. The van der Waals surface area contributed by atoms with E-state index in [0.717, 1.165) is 36.7 Å². The van der Waals surface area contributed by atoms with Gasteiger partial charge in [0.05, 0.1) is 0 Å². The van der Waals surface area contributed by atoms with E-state index >= 15 is 0 Å². The number of rotatable bonds is 5. The molecule has 0 atom stereocenters. The molecule has 0 radical (unpaired) electrons. The van der Waals surface area contributed by atoms with Crippen LogP contribution in [0.15, 0.2) is 4.52 Å². The zero-order valence-corrected chi connectivity index (χ0v) is 9.21. The van der Waals surface area contributed by atoms with Crippen LogP contribution in [0.4, 0.5) is 0 Å². The molecule has 0 spiro atoms. The van der Waals surface area contributed by atoms with Crippen LogP contribution in [0.5, 0.6) is 0 Å². The van der Waals surface area contributed by atoms with Crippen LogP contribution >= 0.6 is 0 Å². The van der Waals surface area contributed by atoms with Gasteiger partial charge in [-0.2, -0.15) is 0 Å². The summed E-state index contributed by atoms with van der Waals surface area (Å²) in [5, 5.41) is 3.93. The number of nitrogens with zero attached hydrogens (tertiary/aromatic N) is 2. The van der Waals surface area contributed by atoms with Crippen molar-refractivity contribution in [2.45, 2.75) is 33.9 Å². The quantitative estimate of drug-likeness (QED) is 0.772. The lowest BCUT2D eigenvalue weighted by atomic mass is 10.2. The highest BCUT2D eigenvalue weighted by atomic mass is 16.5. The maximum atomic E-state index is 5.58. The molecule has 0 aromatic carbocycles. The number of aromatic nitrogens is 1. The topological polar surface area (TPSA) is 55.3 Å². The number of hydrogen-bond donors (Lipinski definition) is 1. The molecule has 1 heterocycles. The van der Waals surface area contributed by atoms with Gasteiger partial charge in [-0.25, -0.2) is 0 Å². The first kappa shape index (κ1) is 11.2. The third kappa shape index (κ3) is 2.33. The fourth-order valence-electron chi connectivity index (χ4n) is 1.47. The third-order valence-corrected chi connectivity index (χ3v) is 2.54. The largest absolute Gasteiger partial charge is 0.361 e. The average Bonchev–Trinajstić information content (AvgIpc) is 2.56. The third-order valence-electron chi connectivity index (χ3n) is 2.54. The Balaban J connectivity index is 2.77. The second-order valence-electron chi connectivity index (χ2n) is 3.33. The van der Waals surface area contributed by atoms with E-state index < -0.39 is 0 Å². The zero-order chi connectivity index (χ0) is 10.6. The molecule has 0 amide bonds. The summed E-state index contributed by atoms with van der Waals surface area (Å²) in [5.41, 5.74) is 7.61. The Morgan fingerprint density at radius 3 is 2.50 bits per heavy atom. The van der Waals surface area contributed by atoms with Crippen LogP contribution in [0.25, 0.3) is 0 Å². The van der Waals surface area contributed by atoms with Crippen LogP contribution in [0.1, 0.15) is 30.9 Å². The second kappa shape index (κ2) is 5.12. The first-order valence-electron chi connectivity index (χ1n) is 5.09. The van der Waals surface area contributed by atoms with E-state index in [4.69, 9.17) is 10.3 Å². The van der Waals surface area contributed by atoms with Crippen molar-refractivity contribution in [2.24, 2.45) is 5.73 Å². The van der Waals surface area contributed by atoms with E-state index in [1.165, 1.54) is 0 Å². The summed E-state index contributed by atoms with van der Waals surface area (Å²) >= 11 is 0. The Kier molecular flexibility index (Phi) is 4.10.